The lowest BCUT2D eigenvalue weighted by atomic mass is 10.2. The van der Waals surface area contributed by atoms with Crippen molar-refractivity contribution in [3.63, 3.8) is 0 Å². The zero-order valence-electron chi connectivity index (χ0n) is 16.5. The monoisotopic (exact) mass is 427 g/mol. The molecule has 30 heavy (non-hydrogen) atoms. The molecule has 0 aromatic heterocycles. The zero-order valence-corrected chi connectivity index (χ0v) is 17.3. The van der Waals surface area contributed by atoms with Gasteiger partial charge in [-0.05, 0) is 66.7 Å². The van der Waals surface area contributed by atoms with E-state index >= 15 is 0 Å². The van der Waals surface area contributed by atoms with Crippen LogP contribution in [0.1, 0.15) is 12.5 Å². The van der Waals surface area contributed by atoms with Crippen LogP contribution in [0.5, 0.6) is 17.2 Å². The van der Waals surface area contributed by atoms with Gasteiger partial charge in [0.05, 0.1) is 18.6 Å². The number of amides is 2. The van der Waals surface area contributed by atoms with Gasteiger partial charge in [-0.1, -0.05) is 6.07 Å². The number of nitrogens with zero attached hydrogens (tertiary/aromatic N) is 1. The number of carbonyl (C=O) groups excluding carboxylic acids is 2. The summed E-state index contributed by atoms with van der Waals surface area (Å²) in [5.74, 6) is 0.909. The molecule has 1 aliphatic heterocycles. The number of aliphatic imine (C=N–C) groups is 1. The van der Waals surface area contributed by atoms with Crippen molar-refractivity contribution in [1.82, 2.24) is 0 Å². The van der Waals surface area contributed by atoms with Crippen molar-refractivity contribution >= 4 is 40.5 Å². The van der Waals surface area contributed by atoms with Gasteiger partial charge in [-0.15, -0.1) is 0 Å². The van der Waals surface area contributed by atoms with Gasteiger partial charge in [-0.25, -0.2) is 0 Å². The maximum absolute atomic E-state index is 12.2. The normalized spacial score (nSPS) is 14.4. The summed E-state index contributed by atoms with van der Waals surface area (Å²) in [7, 11) is 1.58. The van der Waals surface area contributed by atoms with Crippen LogP contribution in [0.4, 0.5) is 5.69 Å². The summed E-state index contributed by atoms with van der Waals surface area (Å²) in [6.45, 7) is 2.07. The van der Waals surface area contributed by atoms with Crippen LogP contribution in [-0.2, 0) is 9.59 Å². The quantitative estimate of drug-likeness (QED) is 0.623. The molecule has 0 saturated heterocycles. The van der Waals surface area contributed by atoms with E-state index in [1.807, 2.05) is 6.92 Å². The second-order valence-electron chi connectivity index (χ2n) is 6.07. The smallest absolute Gasteiger partial charge is 0.286 e. The van der Waals surface area contributed by atoms with Crippen molar-refractivity contribution in [3.05, 3.63) is 52.9 Å². The molecule has 0 unspecified atom stereocenters. The third-order valence-corrected chi connectivity index (χ3v) is 4.75. The first-order chi connectivity index (χ1) is 14.5. The van der Waals surface area contributed by atoms with Crippen LogP contribution in [0, 0.1) is 0 Å². The Bertz CT molecular complexity index is 1000. The van der Waals surface area contributed by atoms with Crippen LogP contribution in [0.3, 0.4) is 0 Å². The van der Waals surface area contributed by atoms with Gasteiger partial charge in [-0.2, -0.15) is 4.99 Å². The summed E-state index contributed by atoms with van der Waals surface area (Å²) in [6.07, 6.45) is 1.68. The molecule has 0 radical (unpaired) electrons. The molecule has 0 spiro atoms. The molecule has 3 N–H and O–H groups in total. The molecule has 9 heteroatoms. The van der Waals surface area contributed by atoms with Gasteiger partial charge in [0.15, 0.2) is 23.3 Å². The molecule has 0 atom stereocenters. The standard InChI is InChI=1S/C21H21N3O5S/c1-3-28-17-10-13(11-18-20(26)24-21(22)30-18)4-9-16(17)29-12-19(25)23-14-5-7-15(27-2)8-6-14/h4-11H,3,12H2,1-2H3,(H,23,25)(H2,22,24,26)/b18-11-. The maximum Gasteiger partial charge on any atom is 0.286 e. The van der Waals surface area contributed by atoms with E-state index in [0.29, 0.717) is 34.4 Å². The minimum Gasteiger partial charge on any atom is -0.497 e. The highest BCUT2D eigenvalue weighted by Gasteiger charge is 2.19. The number of anilines is 1. The lowest BCUT2D eigenvalue weighted by Gasteiger charge is -2.13. The van der Waals surface area contributed by atoms with Crippen LogP contribution < -0.4 is 25.3 Å². The number of benzene rings is 2. The van der Waals surface area contributed by atoms with Crippen molar-refractivity contribution in [2.75, 3.05) is 25.6 Å². The van der Waals surface area contributed by atoms with Crippen molar-refractivity contribution in [3.8, 4) is 17.2 Å². The molecule has 2 amide bonds. The molecule has 156 valence electrons. The van der Waals surface area contributed by atoms with E-state index in [4.69, 9.17) is 19.9 Å². The first kappa shape index (κ1) is 21.3. The zero-order chi connectivity index (χ0) is 21.5. The van der Waals surface area contributed by atoms with Crippen molar-refractivity contribution in [2.45, 2.75) is 6.92 Å². The number of hydrogen-bond donors (Lipinski definition) is 2. The first-order valence-electron chi connectivity index (χ1n) is 9.10. The van der Waals surface area contributed by atoms with Crippen LogP contribution >= 0.6 is 11.8 Å². The second kappa shape index (κ2) is 9.84. The van der Waals surface area contributed by atoms with E-state index in [1.54, 1.807) is 55.7 Å². The third-order valence-electron chi connectivity index (χ3n) is 3.93. The highest BCUT2D eigenvalue weighted by molar-refractivity contribution is 8.18. The Balaban J connectivity index is 1.65. The Labute approximate surface area is 178 Å². The Morgan fingerprint density at radius 3 is 2.57 bits per heavy atom. The van der Waals surface area contributed by atoms with Gasteiger partial charge in [0.25, 0.3) is 11.8 Å². The van der Waals surface area contributed by atoms with E-state index in [1.165, 1.54) is 0 Å². The van der Waals surface area contributed by atoms with Crippen molar-refractivity contribution < 1.29 is 23.8 Å². The predicted octanol–water partition coefficient (Wildman–Crippen LogP) is 3.04. The van der Waals surface area contributed by atoms with Crippen LogP contribution in [-0.4, -0.2) is 37.3 Å². The number of thioether (sulfide) groups is 1. The SMILES string of the molecule is CCOc1cc(/C=C2\SC(N)=NC2=O)ccc1OCC(=O)Nc1ccc(OC)cc1. The molecule has 3 rings (SSSR count). The average Bonchev–Trinajstić information content (AvgIpc) is 3.05. The Kier molecular flexibility index (Phi) is 6.97. The summed E-state index contributed by atoms with van der Waals surface area (Å²) < 4.78 is 16.3. The molecule has 8 nitrogen and oxygen atoms in total. The second-order valence-corrected chi connectivity index (χ2v) is 7.13. The molecule has 2 aromatic carbocycles. The lowest BCUT2D eigenvalue weighted by molar-refractivity contribution is -0.118. The van der Waals surface area contributed by atoms with Crippen LogP contribution in [0.2, 0.25) is 0 Å². The highest BCUT2D eigenvalue weighted by Crippen LogP contribution is 2.32. The fourth-order valence-corrected chi connectivity index (χ4v) is 3.28. The third kappa shape index (κ3) is 5.54. The Morgan fingerprint density at radius 2 is 1.93 bits per heavy atom. The van der Waals surface area contributed by atoms with Crippen LogP contribution in [0.25, 0.3) is 6.08 Å². The maximum atomic E-state index is 12.2. The number of rotatable bonds is 8. The van der Waals surface area contributed by atoms with E-state index in [9.17, 15) is 9.59 Å². The molecule has 0 saturated carbocycles. The fraction of sp³-hybridized carbons (Fsp3) is 0.190. The van der Waals surface area contributed by atoms with Gasteiger partial charge < -0.3 is 25.3 Å². The number of nitrogens with one attached hydrogen (secondary N) is 1. The molecule has 1 aliphatic rings. The van der Waals surface area contributed by atoms with Gasteiger partial charge >= 0.3 is 0 Å². The average molecular weight is 427 g/mol. The molecule has 2 aromatic rings. The lowest BCUT2D eigenvalue weighted by Crippen LogP contribution is -2.20. The van der Waals surface area contributed by atoms with Crippen molar-refractivity contribution in [2.24, 2.45) is 10.7 Å². The number of amidine groups is 1. The molecule has 0 aliphatic carbocycles. The number of nitrogens with two attached hydrogens (primary N) is 1. The first-order valence-corrected chi connectivity index (χ1v) is 9.91. The summed E-state index contributed by atoms with van der Waals surface area (Å²) in [4.78, 5) is 28.1. The summed E-state index contributed by atoms with van der Waals surface area (Å²) in [6, 6.07) is 12.2. The number of hydrogen-bond acceptors (Lipinski definition) is 7. The molecule has 0 fully saturated rings. The number of ether oxygens (including phenoxy) is 3. The molecule has 0 bridgehead atoms. The minimum atomic E-state index is -0.369. The molecular formula is C21H21N3O5S. The number of methoxy groups -OCH3 is 1. The molecule has 1 heterocycles. The van der Waals surface area contributed by atoms with Gasteiger partial charge in [0, 0.05) is 5.69 Å². The summed E-state index contributed by atoms with van der Waals surface area (Å²) in [5.41, 5.74) is 6.94. The Hall–Kier alpha value is -3.46. The van der Waals surface area contributed by atoms with Gasteiger partial charge in [0.2, 0.25) is 0 Å². The van der Waals surface area contributed by atoms with Gasteiger partial charge in [0.1, 0.15) is 5.75 Å². The Morgan fingerprint density at radius 1 is 1.17 bits per heavy atom. The molecular weight excluding hydrogens is 406 g/mol. The van der Waals surface area contributed by atoms with Crippen molar-refractivity contribution in [1.29, 1.82) is 0 Å². The van der Waals surface area contributed by atoms with E-state index < -0.39 is 0 Å². The van der Waals surface area contributed by atoms with Gasteiger partial charge in [-0.3, -0.25) is 9.59 Å². The van der Waals surface area contributed by atoms with E-state index in [0.717, 1.165) is 17.3 Å². The number of carbonyl (C=O) groups is 2. The van der Waals surface area contributed by atoms with Crippen LogP contribution in [0.15, 0.2) is 52.4 Å². The minimum absolute atomic E-state index is 0.189. The fourth-order valence-electron chi connectivity index (χ4n) is 2.59. The van der Waals surface area contributed by atoms with E-state index in [2.05, 4.69) is 10.3 Å². The summed E-state index contributed by atoms with van der Waals surface area (Å²) in [5, 5.41) is 2.97. The van der Waals surface area contributed by atoms with E-state index in [-0.39, 0.29) is 23.6 Å². The summed E-state index contributed by atoms with van der Waals surface area (Å²) >= 11 is 1.12. The topological polar surface area (TPSA) is 112 Å². The highest BCUT2D eigenvalue weighted by atomic mass is 32.2. The largest absolute Gasteiger partial charge is 0.497 e. The predicted molar refractivity (Wildman–Crippen MR) is 117 cm³/mol.